The van der Waals surface area contributed by atoms with Gasteiger partial charge in [0.05, 0.1) is 0 Å². The maximum absolute atomic E-state index is 11.6. The fourth-order valence-electron chi connectivity index (χ4n) is 3.02. The van der Waals surface area contributed by atoms with E-state index < -0.39 is 22.8 Å². The predicted molar refractivity (Wildman–Crippen MR) is 91.2 cm³/mol. The Kier molecular flexibility index (Phi) is 19.7. The number of aliphatic carboxylic acids is 2. The Hall–Kier alpha value is 1.58. The largest absolute Gasteiger partial charge is 1.00 e. The molecule has 2 N–H and O–H groups in total. The first-order valence-corrected chi connectivity index (χ1v) is 8.67. The Balaban J connectivity index is -0.000000367. The van der Waals surface area contributed by atoms with Crippen LogP contribution in [0.2, 0.25) is 0 Å². The van der Waals surface area contributed by atoms with Gasteiger partial charge in [-0.2, -0.15) is 0 Å². The summed E-state index contributed by atoms with van der Waals surface area (Å²) in [5, 5.41) is 18.9. The fourth-order valence-corrected chi connectivity index (χ4v) is 3.02. The van der Waals surface area contributed by atoms with Gasteiger partial charge < -0.3 is 13.1 Å². The van der Waals surface area contributed by atoms with Gasteiger partial charge in [-0.15, -0.1) is 0 Å². The molecule has 0 saturated carbocycles. The number of carboxylic acids is 2. The molecule has 0 radical (unpaired) electrons. The molecule has 0 saturated heterocycles. The van der Waals surface area contributed by atoms with E-state index in [-0.39, 0.29) is 90.2 Å². The molecule has 0 amide bonds. The molecule has 0 fully saturated rings. The molecule has 0 unspecified atom stereocenters. The van der Waals surface area contributed by atoms with Crippen LogP contribution in [-0.4, -0.2) is 22.2 Å². The van der Waals surface area contributed by atoms with Crippen LogP contribution in [-0.2, 0) is 9.59 Å². The van der Waals surface area contributed by atoms with Crippen molar-refractivity contribution in [3.05, 3.63) is 0 Å². The normalized spacial score (nSPS) is 11.3. The van der Waals surface area contributed by atoms with Crippen molar-refractivity contribution in [1.82, 2.24) is 0 Å². The van der Waals surface area contributed by atoms with Crippen molar-refractivity contribution < 1.29 is 104 Å². The van der Waals surface area contributed by atoms with E-state index in [1.54, 1.807) is 20.8 Å². The zero-order chi connectivity index (χ0) is 17.2. The van der Waals surface area contributed by atoms with E-state index in [0.717, 1.165) is 19.3 Å². The van der Waals surface area contributed by atoms with Crippen LogP contribution in [0.25, 0.3) is 0 Å². The zero-order valence-corrected chi connectivity index (χ0v) is 21.9. The molecule has 0 bridgehead atoms. The topological polar surface area (TPSA) is 74.6 Å². The van der Waals surface area contributed by atoms with E-state index in [0.29, 0.717) is 6.42 Å². The first kappa shape index (κ1) is 30.3. The monoisotopic (exact) mass is 378 g/mol. The molecule has 6 heteroatoms. The Bertz CT molecular complexity index is 350. The summed E-state index contributed by atoms with van der Waals surface area (Å²) >= 11 is 0. The predicted octanol–water partition coefficient (Wildman–Crippen LogP) is -0.658. The van der Waals surface area contributed by atoms with Crippen LogP contribution < -0.4 is 80.9 Å². The van der Waals surface area contributed by atoms with Crippen molar-refractivity contribution in [3.63, 3.8) is 0 Å². The van der Waals surface area contributed by atoms with Crippen LogP contribution in [0.1, 0.15) is 94.8 Å². The average molecular weight is 379 g/mol. The molecular formula is C18H36KNaO4. The van der Waals surface area contributed by atoms with Crippen molar-refractivity contribution in [1.29, 1.82) is 0 Å². The number of unbranched alkanes of at least 4 members (excludes halogenated alkanes) is 8. The van der Waals surface area contributed by atoms with Crippen LogP contribution in [0.3, 0.4) is 0 Å². The van der Waals surface area contributed by atoms with Crippen LogP contribution in [0.15, 0.2) is 0 Å². The first-order valence-electron chi connectivity index (χ1n) is 8.67. The summed E-state index contributed by atoms with van der Waals surface area (Å²) in [5.41, 5.74) is -2.49. The van der Waals surface area contributed by atoms with Gasteiger partial charge in [0.1, 0.15) is 0 Å². The molecular weight excluding hydrogens is 342 g/mol. The van der Waals surface area contributed by atoms with Crippen LogP contribution >= 0.6 is 0 Å². The minimum absolute atomic E-state index is 0. The van der Waals surface area contributed by atoms with Crippen LogP contribution in [0.4, 0.5) is 0 Å². The van der Waals surface area contributed by atoms with E-state index in [4.69, 9.17) is 0 Å². The summed E-state index contributed by atoms with van der Waals surface area (Å²) in [6.07, 6.45) is 10.3. The van der Waals surface area contributed by atoms with Gasteiger partial charge in [-0.25, -0.2) is 0 Å². The van der Waals surface area contributed by atoms with E-state index >= 15 is 0 Å². The summed E-state index contributed by atoms with van der Waals surface area (Å²) in [5.74, 6) is -2.43. The molecule has 0 aromatic heterocycles. The number of rotatable bonds is 12. The molecule has 0 heterocycles. The first-order chi connectivity index (χ1) is 10.2. The molecule has 0 aliphatic rings. The van der Waals surface area contributed by atoms with Gasteiger partial charge in [-0.1, -0.05) is 85.5 Å². The van der Waals surface area contributed by atoms with Crippen molar-refractivity contribution in [3.8, 4) is 0 Å². The van der Waals surface area contributed by atoms with Crippen LogP contribution in [0, 0.1) is 10.8 Å². The molecule has 24 heavy (non-hydrogen) atoms. The molecule has 134 valence electrons. The van der Waals surface area contributed by atoms with Crippen molar-refractivity contribution in [2.45, 2.75) is 91.9 Å². The smallest absolute Gasteiger partial charge is 1.00 e. The second-order valence-electron chi connectivity index (χ2n) is 7.34. The van der Waals surface area contributed by atoms with Crippen molar-refractivity contribution >= 4 is 11.9 Å². The van der Waals surface area contributed by atoms with Gasteiger partial charge in [0, 0.05) is 0 Å². The molecule has 0 aliphatic carbocycles. The Morgan fingerprint density at radius 2 is 1.12 bits per heavy atom. The summed E-state index contributed by atoms with van der Waals surface area (Å²) in [6, 6.07) is 0. The van der Waals surface area contributed by atoms with E-state index in [2.05, 4.69) is 6.92 Å². The molecule has 0 rings (SSSR count). The third kappa shape index (κ3) is 10.1. The summed E-state index contributed by atoms with van der Waals surface area (Å²) in [7, 11) is 0. The molecule has 0 aromatic carbocycles. The van der Waals surface area contributed by atoms with Crippen LogP contribution in [0.5, 0.6) is 0 Å². The summed E-state index contributed by atoms with van der Waals surface area (Å²) in [6.45, 7) is 7.29. The van der Waals surface area contributed by atoms with Gasteiger partial charge >= 0.3 is 92.9 Å². The quantitative estimate of drug-likeness (QED) is 0.269. The number of carbonyl (C=O) groups is 2. The summed E-state index contributed by atoms with van der Waals surface area (Å²) < 4.78 is 0. The Morgan fingerprint density at radius 3 is 1.42 bits per heavy atom. The average Bonchev–Trinajstić information content (AvgIpc) is 2.38. The number of carboxylic acid groups (broad SMARTS) is 2. The number of hydrogen-bond donors (Lipinski definition) is 2. The van der Waals surface area contributed by atoms with E-state index in [1.807, 2.05) is 0 Å². The zero-order valence-electron chi connectivity index (χ0n) is 18.8. The second-order valence-corrected chi connectivity index (χ2v) is 7.34. The molecule has 0 aromatic rings. The molecule has 0 atom stereocenters. The SMILES string of the molecule is CCCCCCCCCCCC(C(=O)O)(C(=O)O)C(C)(C)C.[H-].[H-].[K+].[Na+]. The van der Waals surface area contributed by atoms with Gasteiger partial charge in [0.25, 0.3) is 0 Å². The molecule has 4 nitrogen and oxygen atoms in total. The van der Waals surface area contributed by atoms with Gasteiger partial charge in [-0.05, 0) is 11.8 Å². The third-order valence-electron chi connectivity index (χ3n) is 4.67. The van der Waals surface area contributed by atoms with Gasteiger partial charge in [0.2, 0.25) is 0 Å². The van der Waals surface area contributed by atoms with Gasteiger partial charge in [-0.3, -0.25) is 9.59 Å². The maximum Gasteiger partial charge on any atom is 1.00 e. The fraction of sp³-hybridized carbons (Fsp3) is 0.889. The second kappa shape index (κ2) is 15.6. The Morgan fingerprint density at radius 1 is 0.792 bits per heavy atom. The number of hydrogen-bond acceptors (Lipinski definition) is 2. The molecule has 0 aliphatic heterocycles. The minimum atomic E-state index is -1.69. The Labute approximate surface area is 215 Å². The standard InChI is InChI=1S/C18H34O4.K.Na.2H/c1-5-6-7-8-9-10-11-12-13-14-18(15(19)20,16(21)22)17(2,3)4;;;;/h5-14H2,1-4H3,(H,19,20)(H,21,22);;;;/q;2*+1;2*-1. The van der Waals surface area contributed by atoms with E-state index in [9.17, 15) is 19.8 Å². The van der Waals surface area contributed by atoms with Crippen molar-refractivity contribution in [2.24, 2.45) is 10.8 Å². The minimum Gasteiger partial charge on any atom is -1.00 e. The molecule has 0 spiro atoms. The third-order valence-corrected chi connectivity index (χ3v) is 4.67. The van der Waals surface area contributed by atoms with Gasteiger partial charge in [0.15, 0.2) is 5.41 Å². The summed E-state index contributed by atoms with van der Waals surface area (Å²) in [4.78, 5) is 23.2. The van der Waals surface area contributed by atoms with Crippen molar-refractivity contribution in [2.75, 3.05) is 0 Å². The maximum atomic E-state index is 11.6. The van der Waals surface area contributed by atoms with E-state index in [1.165, 1.54) is 32.1 Å².